The summed E-state index contributed by atoms with van der Waals surface area (Å²) < 4.78 is 42.8. The molecule has 9 heteroatoms. The molecule has 0 heterocycles. The Morgan fingerprint density at radius 2 is 1.86 bits per heavy atom. The molecule has 1 rings (SSSR count). The maximum Gasteiger partial charge on any atom is 0.391 e. The maximum absolute atomic E-state index is 12.3. The number of alkyl halides is 3. The summed E-state index contributed by atoms with van der Waals surface area (Å²) in [6, 6.07) is 4.37. The van der Waals surface area contributed by atoms with Crippen LogP contribution in [0.5, 0.6) is 5.75 Å². The van der Waals surface area contributed by atoms with E-state index in [0.717, 1.165) is 4.47 Å². The molecule has 0 aliphatic rings. The monoisotopic (exact) mass is 383 g/mol. The Labute approximate surface area is 132 Å². The molecule has 0 spiro atoms. The summed E-state index contributed by atoms with van der Waals surface area (Å²) in [6.07, 6.45) is -7.50. The van der Waals surface area contributed by atoms with Gasteiger partial charge in [-0.3, -0.25) is 4.79 Å². The molecule has 0 bridgehead atoms. The van der Waals surface area contributed by atoms with E-state index in [1.165, 1.54) is 6.92 Å². The van der Waals surface area contributed by atoms with E-state index in [9.17, 15) is 22.8 Å². The van der Waals surface area contributed by atoms with Crippen LogP contribution in [0.3, 0.4) is 0 Å². The third-order valence-corrected chi connectivity index (χ3v) is 3.07. The van der Waals surface area contributed by atoms with Gasteiger partial charge in [0.1, 0.15) is 11.8 Å². The van der Waals surface area contributed by atoms with Gasteiger partial charge in [0.15, 0.2) is 6.10 Å². The van der Waals surface area contributed by atoms with Crippen LogP contribution in [-0.4, -0.2) is 35.3 Å². The SMILES string of the molecule is CC(Oc1ccc(Br)cc1)C(=O)NC(CC(F)(F)F)C(=O)O. The van der Waals surface area contributed by atoms with Gasteiger partial charge in [0.25, 0.3) is 5.91 Å². The van der Waals surface area contributed by atoms with E-state index in [1.54, 1.807) is 24.3 Å². The van der Waals surface area contributed by atoms with Crippen LogP contribution in [-0.2, 0) is 9.59 Å². The zero-order chi connectivity index (χ0) is 16.9. The van der Waals surface area contributed by atoms with Crippen LogP contribution in [0.1, 0.15) is 13.3 Å². The van der Waals surface area contributed by atoms with E-state index in [2.05, 4.69) is 15.9 Å². The molecule has 0 saturated heterocycles. The fraction of sp³-hybridized carbons (Fsp3) is 0.385. The first-order chi connectivity index (χ1) is 10.1. The molecule has 122 valence electrons. The van der Waals surface area contributed by atoms with Crippen LogP contribution in [0.2, 0.25) is 0 Å². The lowest BCUT2D eigenvalue weighted by Crippen LogP contribution is -2.48. The summed E-state index contributed by atoms with van der Waals surface area (Å²) in [6.45, 7) is 1.31. The van der Waals surface area contributed by atoms with E-state index < -0.39 is 36.6 Å². The number of nitrogens with one attached hydrogen (secondary N) is 1. The molecule has 22 heavy (non-hydrogen) atoms. The van der Waals surface area contributed by atoms with Crippen molar-refractivity contribution in [1.82, 2.24) is 5.32 Å². The van der Waals surface area contributed by atoms with Crippen molar-refractivity contribution < 1.29 is 32.6 Å². The number of hydrogen-bond donors (Lipinski definition) is 2. The zero-order valence-corrected chi connectivity index (χ0v) is 12.9. The first kappa shape index (κ1) is 18.3. The number of hydrogen-bond acceptors (Lipinski definition) is 3. The van der Waals surface area contributed by atoms with Crippen LogP contribution in [0.15, 0.2) is 28.7 Å². The molecular weight excluding hydrogens is 371 g/mol. The van der Waals surface area contributed by atoms with Gasteiger partial charge < -0.3 is 15.2 Å². The number of halogens is 4. The van der Waals surface area contributed by atoms with Gasteiger partial charge in [-0.1, -0.05) is 15.9 Å². The third-order valence-electron chi connectivity index (χ3n) is 2.55. The van der Waals surface area contributed by atoms with Gasteiger partial charge in [-0.15, -0.1) is 0 Å². The topological polar surface area (TPSA) is 75.6 Å². The Hall–Kier alpha value is -1.77. The van der Waals surface area contributed by atoms with Crippen LogP contribution < -0.4 is 10.1 Å². The molecule has 0 saturated carbocycles. The standard InChI is InChI=1S/C13H13BrF3NO4/c1-7(22-9-4-2-8(14)3-5-9)11(19)18-10(12(20)21)6-13(15,16)17/h2-5,7,10H,6H2,1H3,(H,18,19)(H,20,21). The summed E-state index contributed by atoms with van der Waals surface area (Å²) in [4.78, 5) is 22.5. The van der Waals surface area contributed by atoms with Crippen LogP contribution in [0.4, 0.5) is 13.2 Å². The second-order valence-corrected chi connectivity index (χ2v) is 5.35. The lowest BCUT2D eigenvalue weighted by molar-refractivity contribution is -0.160. The minimum absolute atomic E-state index is 0.327. The number of aliphatic carboxylic acids is 1. The normalized spacial score (nSPS) is 14.0. The Morgan fingerprint density at radius 3 is 2.32 bits per heavy atom. The molecule has 0 aliphatic heterocycles. The van der Waals surface area contributed by atoms with Gasteiger partial charge in [-0.05, 0) is 31.2 Å². The summed E-state index contributed by atoms with van der Waals surface area (Å²) in [5, 5.41) is 10.5. The molecule has 2 unspecified atom stereocenters. The van der Waals surface area contributed by atoms with Gasteiger partial charge in [-0.2, -0.15) is 13.2 Å². The Morgan fingerprint density at radius 1 is 1.32 bits per heavy atom. The molecule has 1 aromatic carbocycles. The first-order valence-corrected chi connectivity index (χ1v) is 6.90. The summed E-state index contributed by atoms with van der Waals surface area (Å²) in [5.74, 6) is -2.38. The lowest BCUT2D eigenvalue weighted by atomic mass is 10.2. The van der Waals surface area contributed by atoms with Gasteiger partial charge in [0.05, 0.1) is 6.42 Å². The fourth-order valence-electron chi connectivity index (χ4n) is 1.49. The zero-order valence-electron chi connectivity index (χ0n) is 11.4. The number of carbonyl (C=O) groups is 2. The Bertz CT molecular complexity index is 533. The molecule has 1 aromatic rings. The quantitative estimate of drug-likeness (QED) is 0.791. The second kappa shape index (κ2) is 7.48. The average molecular weight is 384 g/mol. The van der Waals surface area contributed by atoms with E-state index in [-0.39, 0.29) is 0 Å². The highest BCUT2D eigenvalue weighted by atomic mass is 79.9. The van der Waals surface area contributed by atoms with Crippen molar-refractivity contribution in [1.29, 1.82) is 0 Å². The van der Waals surface area contributed by atoms with Gasteiger partial charge in [0.2, 0.25) is 0 Å². The number of carboxylic acid groups (broad SMARTS) is 1. The van der Waals surface area contributed by atoms with Gasteiger partial charge in [-0.25, -0.2) is 4.79 Å². The van der Waals surface area contributed by atoms with Crippen molar-refractivity contribution in [2.24, 2.45) is 0 Å². The molecule has 0 aromatic heterocycles. The number of amides is 1. The summed E-state index contributed by atoms with van der Waals surface area (Å²) in [7, 11) is 0. The van der Waals surface area contributed by atoms with Crippen molar-refractivity contribution in [3.63, 3.8) is 0 Å². The Kier molecular flexibility index (Phi) is 6.21. The number of benzene rings is 1. The lowest BCUT2D eigenvalue weighted by Gasteiger charge is -2.19. The molecule has 2 N–H and O–H groups in total. The number of rotatable bonds is 6. The van der Waals surface area contributed by atoms with E-state index in [4.69, 9.17) is 9.84 Å². The third kappa shape index (κ3) is 6.33. The first-order valence-electron chi connectivity index (χ1n) is 6.10. The van der Waals surface area contributed by atoms with Gasteiger partial charge >= 0.3 is 12.1 Å². The summed E-state index contributed by atoms with van der Waals surface area (Å²) in [5.41, 5.74) is 0. The Balaban J connectivity index is 2.65. The highest BCUT2D eigenvalue weighted by molar-refractivity contribution is 9.10. The highest BCUT2D eigenvalue weighted by Gasteiger charge is 2.37. The largest absolute Gasteiger partial charge is 0.481 e. The van der Waals surface area contributed by atoms with Crippen molar-refractivity contribution >= 4 is 27.8 Å². The second-order valence-electron chi connectivity index (χ2n) is 4.43. The summed E-state index contributed by atoms with van der Waals surface area (Å²) >= 11 is 3.21. The number of ether oxygens (including phenoxy) is 1. The molecule has 0 radical (unpaired) electrons. The van der Waals surface area contributed by atoms with Crippen molar-refractivity contribution in [2.75, 3.05) is 0 Å². The predicted octanol–water partition coefficient (Wildman–Crippen LogP) is 2.74. The van der Waals surface area contributed by atoms with E-state index >= 15 is 0 Å². The number of carbonyl (C=O) groups excluding carboxylic acids is 1. The van der Waals surface area contributed by atoms with Crippen LogP contribution in [0.25, 0.3) is 0 Å². The van der Waals surface area contributed by atoms with Crippen molar-refractivity contribution in [3.8, 4) is 5.75 Å². The predicted molar refractivity (Wildman–Crippen MR) is 74.5 cm³/mol. The minimum atomic E-state index is -4.70. The molecular formula is C13H13BrF3NO4. The van der Waals surface area contributed by atoms with Crippen molar-refractivity contribution in [3.05, 3.63) is 28.7 Å². The van der Waals surface area contributed by atoms with Gasteiger partial charge in [0, 0.05) is 4.47 Å². The van der Waals surface area contributed by atoms with E-state index in [1.807, 2.05) is 5.32 Å². The molecule has 0 aliphatic carbocycles. The molecule has 1 amide bonds. The molecule has 5 nitrogen and oxygen atoms in total. The van der Waals surface area contributed by atoms with E-state index in [0.29, 0.717) is 5.75 Å². The molecule has 0 fully saturated rings. The van der Waals surface area contributed by atoms with Crippen LogP contribution in [0, 0.1) is 0 Å². The van der Waals surface area contributed by atoms with Crippen LogP contribution >= 0.6 is 15.9 Å². The van der Waals surface area contributed by atoms with Crippen molar-refractivity contribution in [2.45, 2.75) is 31.7 Å². The number of carboxylic acids is 1. The smallest absolute Gasteiger partial charge is 0.391 e. The minimum Gasteiger partial charge on any atom is -0.481 e. The average Bonchev–Trinajstić information content (AvgIpc) is 2.38. The fourth-order valence-corrected chi connectivity index (χ4v) is 1.76. The maximum atomic E-state index is 12.3. The molecule has 2 atom stereocenters. The highest BCUT2D eigenvalue weighted by Crippen LogP contribution is 2.22.